The van der Waals surface area contributed by atoms with Crippen molar-refractivity contribution in [1.82, 2.24) is 0 Å². The van der Waals surface area contributed by atoms with Crippen LogP contribution < -0.4 is 0 Å². The fraction of sp³-hybridized carbons (Fsp3) is 0.600. The summed E-state index contributed by atoms with van der Waals surface area (Å²) in [6.07, 6.45) is -2.60. The van der Waals surface area contributed by atoms with Crippen LogP contribution in [0.5, 0.6) is 0 Å². The highest BCUT2D eigenvalue weighted by Crippen LogP contribution is 2.52. The van der Waals surface area contributed by atoms with E-state index in [1.165, 1.54) is 4.88 Å². The van der Waals surface area contributed by atoms with Crippen LogP contribution >= 0.6 is 22.9 Å². The average Bonchev–Trinajstić information content (AvgIpc) is 3.29. The summed E-state index contributed by atoms with van der Waals surface area (Å²) < 4.78 is 11.8. The van der Waals surface area contributed by atoms with E-state index in [0.29, 0.717) is 17.0 Å². The van der Waals surface area contributed by atoms with E-state index in [1.54, 1.807) is 24.3 Å². The molecule has 1 aromatic rings. The van der Waals surface area contributed by atoms with Gasteiger partial charge in [-0.05, 0) is 49.1 Å². The Bertz CT molecular complexity index is 819. The first-order chi connectivity index (χ1) is 13.3. The SMILES string of the molecule is CCc1ccc(C(O)C2=C(Cl)C=C3CO[C@]4(O[C@H](C)[C@@H](O)[C@H](O)[C@H]4O)C3C2)s1. The van der Waals surface area contributed by atoms with Gasteiger partial charge in [0.2, 0.25) is 5.79 Å². The maximum atomic E-state index is 10.9. The summed E-state index contributed by atoms with van der Waals surface area (Å²) in [5.74, 6) is -1.89. The molecule has 0 amide bonds. The number of fused-ring (bicyclic) bond motifs is 2. The maximum Gasteiger partial charge on any atom is 0.204 e. The number of hydrogen-bond acceptors (Lipinski definition) is 7. The third-order valence-corrected chi connectivity index (χ3v) is 7.64. The van der Waals surface area contributed by atoms with Gasteiger partial charge in [-0.25, -0.2) is 0 Å². The molecule has 0 bridgehead atoms. The second kappa shape index (κ2) is 7.49. The molecule has 28 heavy (non-hydrogen) atoms. The van der Waals surface area contributed by atoms with Crippen molar-refractivity contribution in [3.05, 3.63) is 44.1 Å². The van der Waals surface area contributed by atoms with Crippen LogP contribution in [0, 0.1) is 5.92 Å². The molecule has 3 aliphatic rings. The van der Waals surface area contributed by atoms with Gasteiger partial charge in [0, 0.05) is 20.7 Å². The zero-order valence-electron chi connectivity index (χ0n) is 15.7. The molecule has 1 aliphatic carbocycles. The number of hydrogen-bond donors (Lipinski definition) is 4. The largest absolute Gasteiger partial charge is 0.388 e. The smallest absolute Gasteiger partial charge is 0.204 e. The molecule has 0 aromatic carbocycles. The number of allylic oxidation sites excluding steroid dienone is 2. The second-order valence-corrected chi connectivity index (χ2v) is 9.28. The lowest BCUT2D eigenvalue weighted by molar-refractivity contribution is -0.356. The highest BCUT2D eigenvalue weighted by molar-refractivity contribution is 7.12. The van der Waals surface area contributed by atoms with Crippen LogP contribution in [0.25, 0.3) is 0 Å². The Morgan fingerprint density at radius 2 is 2.04 bits per heavy atom. The lowest BCUT2D eigenvalue weighted by Gasteiger charge is -2.48. The highest BCUT2D eigenvalue weighted by atomic mass is 35.5. The molecule has 1 aromatic heterocycles. The molecule has 2 aliphatic heterocycles. The molecule has 154 valence electrons. The summed E-state index contributed by atoms with van der Waals surface area (Å²) in [7, 11) is 0. The highest BCUT2D eigenvalue weighted by Gasteiger charge is 2.61. The molecular formula is C20H25ClO6S. The zero-order chi connectivity index (χ0) is 20.2. The molecule has 2 unspecified atom stereocenters. The van der Waals surface area contributed by atoms with Crippen molar-refractivity contribution in [2.45, 2.75) is 63.0 Å². The summed E-state index contributed by atoms with van der Waals surface area (Å²) in [6.45, 7) is 3.90. The standard InChI is InChI=1S/C20H25ClO6S/c1-3-11-4-5-15(28-11)17(23)12-7-13-10(6-14(12)21)8-26-20(13)19(25)18(24)16(22)9(2)27-20/h4-6,9,13,16-19,22-25H,3,7-8H2,1-2H3/t9-,13?,16-,17?,18+,19-,20+/m1/s1. The maximum absolute atomic E-state index is 10.9. The van der Waals surface area contributed by atoms with Gasteiger partial charge < -0.3 is 29.9 Å². The van der Waals surface area contributed by atoms with Gasteiger partial charge in [-0.15, -0.1) is 11.3 Å². The van der Waals surface area contributed by atoms with Crippen molar-refractivity contribution < 1.29 is 29.9 Å². The van der Waals surface area contributed by atoms with Gasteiger partial charge in [0.25, 0.3) is 0 Å². The lowest BCUT2D eigenvalue weighted by Crippen LogP contribution is -2.66. The van der Waals surface area contributed by atoms with E-state index in [0.717, 1.165) is 16.9 Å². The van der Waals surface area contributed by atoms with Crippen LogP contribution in [0.1, 0.15) is 36.1 Å². The molecule has 2 fully saturated rings. The average molecular weight is 429 g/mol. The van der Waals surface area contributed by atoms with Gasteiger partial charge in [0.15, 0.2) is 0 Å². The van der Waals surface area contributed by atoms with Gasteiger partial charge in [-0.2, -0.15) is 0 Å². The Morgan fingerprint density at radius 3 is 2.71 bits per heavy atom. The Morgan fingerprint density at radius 1 is 1.29 bits per heavy atom. The summed E-state index contributed by atoms with van der Waals surface area (Å²) >= 11 is 8.02. The number of thiophene rings is 1. The molecule has 1 spiro atoms. The number of aryl methyl sites for hydroxylation is 1. The van der Waals surface area contributed by atoms with E-state index in [4.69, 9.17) is 21.1 Å². The third-order valence-electron chi connectivity index (χ3n) is 6.01. The van der Waals surface area contributed by atoms with Gasteiger partial charge in [-0.3, -0.25) is 0 Å². The van der Waals surface area contributed by atoms with Crippen LogP contribution in [0.15, 0.2) is 34.4 Å². The molecule has 0 radical (unpaired) electrons. The normalized spacial score (nSPS) is 39.2. The van der Waals surface area contributed by atoms with E-state index in [-0.39, 0.29) is 6.61 Å². The fourth-order valence-electron chi connectivity index (χ4n) is 4.33. The Labute approximate surface area is 172 Å². The first-order valence-electron chi connectivity index (χ1n) is 9.50. The van der Waals surface area contributed by atoms with Crippen LogP contribution in [-0.4, -0.2) is 57.2 Å². The molecule has 7 atom stereocenters. The number of aliphatic hydroxyl groups excluding tert-OH is 4. The van der Waals surface area contributed by atoms with Crippen molar-refractivity contribution in [3.8, 4) is 0 Å². The summed E-state index contributed by atoms with van der Waals surface area (Å²) in [4.78, 5) is 1.99. The van der Waals surface area contributed by atoms with Gasteiger partial charge >= 0.3 is 0 Å². The molecule has 8 heteroatoms. The zero-order valence-corrected chi connectivity index (χ0v) is 17.3. The molecule has 2 saturated heterocycles. The third kappa shape index (κ3) is 3.09. The summed E-state index contributed by atoms with van der Waals surface area (Å²) in [5.41, 5.74) is 1.48. The fourth-order valence-corrected chi connectivity index (χ4v) is 5.62. The Hall–Kier alpha value is -0.770. The molecule has 4 N–H and O–H groups in total. The molecule has 4 rings (SSSR count). The van der Waals surface area contributed by atoms with Crippen molar-refractivity contribution >= 4 is 22.9 Å². The Balaban J connectivity index is 1.65. The topological polar surface area (TPSA) is 99.4 Å². The summed E-state index contributed by atoms with van der Waals surface area (Å²) in [6, 6.07) is 3.90. The van der Waals surface area contributed by atoms with E-state index in [2.05, 4.69) is 6.92 Å². The second-order valence-electron chi connectivity index (χ2n) is 7.67. The van der Waals surface area contributed by atoms with Crippen LogP contribution in [0.2, 0.25) is 0 Å². The van der Waals surface area contributed by atoms with Crippen molar-refractivity contribution in [2.75, 3.05) is 6.61 Å². The first kappa shape index (κ1) is 20.5. The Kier molecular flexibility index (Phi) is 5.48. The number of aliphatic hydroxyl groups is 4. The quantitative estimate of drug-likeness (QED) is 0.587. The van der Waals surface area contributed by atoms with E-state index in [1.807, 2.05) is 12.1 Å². The van der Waals surface area contributed by atoms with E-state index >= 15 is 0 Å². The van der Waals surface area contributed by atoms with Crippen LogP contribution in [-0.2, 0) is 15.9 Å². The number of ether oxygens (including phenoxy) is 2. The monoisotopic (exact) mass is 428 g/mol. The first-order valence-corrected chi connectivity index (χ1v) is 10.7. The lowest BCUT2D eigenvalue weighted by atomic mass is 9.76. The predicted molar refractivity (Wildman–Crippen MR) is 105 cm³/mol. The molecule has 3 heterocycles. The van der Waals surface area contributed by atoms with Crippen molar-refractivity contribution in [3.63, 3.8) is 0 Å². The van der Waals surface area contributed by atoms with Crippen molar-refractivity contribution in [2.24, 2.45) is 5.92 Å². The van der Waals surface area contributed by atoms with Gasteiger partial charge in [0.05, 0.1) is 12.7 Å². The van der Waals surface area contributed by atoms with Gasteiger partial charge in [0.1, 0.15) is 24.4 Å². The predicted octanol–water partition coefficient (Wildman–Crippen LogP) is 2.01. The number of halogens is 1. The van der Waals surface area contributed by atoms with E-state index in [9.17, 15) is 20.4 Å². The van der Waals surface area contributed by atoms with Crippen LogP contribution in [0.4, 0.5) is 0 Å². The minimum Gasteiger partial charge on any atom is -0.388 e. The molecule has 6 nitrogen and oxygen atoms in total. The molecule has 0 saturated carbocycles. The van der Waals surface area contributed by atoms with Crippen molar-refractivity contribution in [1.29, 1.82) is 0 Å². The van der Waals surface area contributed by atoms with Gasteiger partial charge in [-0.1, -0.05) is 18.5 Å². The van der Waals surface area contributed by atoms with Crippen LogP contribution in [0.3, 0.4) is 0 Å². The minimum absolute atomic E-state index is 0.204. The molecular weight excluding hydrogens is 404 g/mol. The number of rotatable bonds is 3. The minimum atomic E-state index is -1.48. The summed E-state index contributed by atoms with van der Waals surface area (Å²) in [5, 5.41) is 42.5. The van der Waals surface area contributed by atoms with E-state index < -0.39 is 42.2 Å².